The third-order valence-electron chi connectivity index (χ3n) is 6.85. The third-order valence-corrected chi connectivity index (χ3v) is 7.76. The summed E-state index contributed by atoms with van der Waals surface area (Å²) in [6, 6.07) is 12.1. The Morgan fingerprint density at radius 3 is 2.56 bits per heavy atom. The predicted molar refractivity (Wildman–Crippen MR) is 154 cm³/mol. The Labute approximate surface area is 240 Å². The van der Waals surface area contributed by atoms with Crippen LogP contribution < -0.4 is 15.4 Å². The number of carbonyl (C=O) groups is 1. The second-order valence-electron chi connectivity index (χ2n) is 9.67. The number of piperidine rings is 1. The molecule has 2 N–H and O–H groups in total. The van der Waals surface area contributed by atoms with E-state index in [-0.39, 0.29) is 30.8 Å². The lowest BCUT2D eigenvalue weighted by Gasteiger charge is -2.33. The van der Waals surface area contributed by atoms with Crippen LogP contribution in [-0.2, 0) is 27.3 Å². The molecule has 8 nitrogen and oxygen atoms in total. The van der Waals surface area contributed by atoms with Crippen molar-refractivity contribution in [2.24, 2.45) is 0 Å². The molecule has 0 saturated carbocycles. The van der Waals surface area contributed by atoms with Gasteiger partial charge in [0.15, 0.2) is 4.90 Å². The van der Waals surface area contributed by atoms with E-state index >= 15 is 0 Å². The van der Waals surface area contributed by atoms with Gasteiger partial charge in [-0.2, -0.15) is 13.2 Å². The number of likely N-dealkylation sites (tertiary alicyclic amines) is 1. The number of alkyl halides is 3. The van der Waals surface area contributed by atoms with Crippen molar-refractivity contribution in [3.63, 3.8) is 0 Å². The van der Waals surface area contributed by atoms with Crippen LogP contribution in [0.2, 0.25) is 0 Å². The Morgan fingerprint density at radius 2 is 1.90 bits per heavy atom. The Morgan fingerprint density at radius 1 is 1.15 bits per heavy atom. The fourth-order valence-electron chi connectivity index (χ4n) is 4.84. The molecule has 2 heterocycles. The van der Waals surface area contributed by atoms with Crippen LogP contribution in [0.4, 0.5) is 24.5 Å². The topological polar surface area (TPSA) is 90.8 Å². The average Bonchev–Trinajstić information content (AvgIpc) is 3.28. The normalized spacial score (nSPS) is 14.9. The molecule has 1 saturated heterocycles. The fraction of sp³-hybridized carbons (Fsp3) is 0.414. The van der Waals surface area contributed by atoms with Gasteiger partial charge in [0.25, 0.3) is 0 Å². The Bertz CT molecular complexity index is 1420. The second-order valence-corrected chi connectivity index (χ2v) is 11.1. The Kier molecular flexibility index (Phi) is 9.96. The molecule has 0 aliphatic carbocycles. The summed E-state index contributed by atoms with van der Waals surface area (Å²) >= 11 is -1.17. The minimum Gasteiger partial charge on any atom is -0.612 e. The predicted octanol–water partition coefficient (Wildman–Crippen LogP) is 4.46. The van der Waals surface area contributed by atoms with E-state index in [0.29, 0.717) is 53.2 Å². The molecule has 1 atom stereocenters. The summed E-state index contributed by atoms with van der Waals surface area (Å²) in [5, 5.41) is 7.23. The largest absolute Gasteiger partial charge is 0.612 e. The number of hydrogen-bond donors (Lipinski definition) is 2. The van der Waals surface area contributed by atoms with Crippen molar-refractivity contribution < 1.29 is 32.0 Å². The molecule has 1 amide bonds. The molecule has 0 spiro atoms. The lowest BCUT2D eigenvalue weighted by molar-refractivity contribution is -0.140. The van der Waals surface area contributed by atoms with Crippen molar-refractivity contribution in [1.82, 2.24) is 9.47 Å². The number of halogens is 3. The maximum atomic E-state index is 13.6. The number of nitrogens with zero attached hydrogens (tertiary/aromatic N) is 2. The molecule has 1 aromatic heterocycles. The van der Waals surface area contributed by atoms with Gasteiger partial charge in [0, 0.05) is 43.4 Å². The maximum Gasteiger partial charge on any atom is 0.406 e. The van der Waals surface area contributed by atoms with E-state index < -0.39 is 23.9 Å². The molecule has 1 unspecified atom stereocenters. The molecule has 2 aromatic carbocycles. The first-order valence-electron chi connectivity index (χ1n) is 13.1. The lowest BCUT2D eigenvalue weighted by atomic mass is 10.0. The number of aromatic nitrogens is 1. The summed E-state index contributed by atoms with van der Waals surface area (Å²) in [5.74, 6) is 6.26. The van der Waals surface area contributed by atoms with Gasteiger partial charge in [-0.25, -0.2) is 0 Å². The highest BCUT2D eigenvalue weighted by molar-refractivity contribution is 7.90. The number of nitrogens with one attached hydrogen (secondary N) is 2. The number of amides is 1. The van der Waals surface area contributed by atoms with Crippen molar-refractivity contribution in [3.8, 4) is 17.6 Å². The number of ether oxygens (including phenoxy) is 2. The summed E-state index contributed by atoms with van der Waals surface area (Å²) < 4.78 is 63.9. The molecule has 220 valence electrons. The molecule has 0 bridgehead atoms. The second kappa shape index (κ2) is 13.4. The third kappa shape index (κ3) is 7.81. The van der Waals surface area contributed by atoms with E-state index in [0.717, 1.165) is 5.69 Å². The average molecular weight is 591 g/mol. The number of carbonyl (C=O) groups excluding carboxylic acids is 1. The van der Waals surface area contributed by atoms with Gasteiger partial charge in [0.05, 0.1) is 30.6 Å². The highest BCUT2D eigenvalue weighted by atomic mass is 32.2. The highest BCUT2D eigenvalue weighted by Gasteiger charge is 2.30. The van der Waals surface area contributed by atoms with Gasteiger partial charge < -0.3 is 34.1 Å². The van der Waals surface area contributed by atoms with Crippen LogP contribution in [0.5, 0.6) is 5.75 Å². The Hall–Kier alpha value is -3.53. The van der Waals surface area contributed by atoms with Crippen LogP contribution in [0.15, 0.2) is 47.4 Å². The van der Waals surface area contributed by atoms with Crippen LogP contribution in [0.1, 0.15) is 18.5 Å². The number of fused-ring (bicyclic) bond motifs is 1. The maximum absolute atomic E-state index is 13.6. The zero-order chi connectivity index (χ0) is 29.6. The van der Waals surface area contributed by atoms with E-state index in [4.69, 9.17) is 9.47 Å². The number of anilines is 2. The quantitative estimate of drug-likeness (QED) is 0.283. The van der Waals surface area contributed by atoms with Gasteiger partial charge in [0.1, 0.15) is 25.2 Å². The van der Waals surface area contributed by atoms with Gasteiger partial charge in [-0.3, -0.25) is 4.79 Å². The molecule has 1 fully saturated rings. The van der Waals surface area contributed by atoms with E-state index in [1.165, 1.54) is 18.8 Å². The monoisotopic (exact) mass is 590 g/mol. The molecule has 4 rings (SSSR count). The molecule has 1 aliphatic rings. The summed E-state index contributed by atoms with van der Waals surface area (Å²) in [7, 11) is 2.99. The van der Waals surface area contributed by atoms with E-state index in [9.17, 15) is 22.5 Å². The summed E-state index contributed by atoms with van der Waals surface area (Å²) in [4.78, 5) is 14.5. The standard InChI is InChI=1S/C29H33F3N4O4S/c1-39-18-28(37)35-14-11-20(12-15-35)34-24-7-4-8-26-23(24)16-21(36(26)19-29(30,31)32)6-5-13-33-25-10-9-22(41(3)38)17-27(25)40-2/h4,7-10,16-17,20,33-34H,11-15,18-19H2,1-3H3. The van der Waals surface area contributed by atoms with Crippen LogP contribution in [0, 0.1) is 11.8 Å². The summed E-state index contributed by atoms with van der Waals surface area (Å²) in [6.45, 7) is 0.200. The zero-order valence-electron chi connectivity index (χ0n) is 23.1. The highest BCUT2D eigenvalue weighted by Crippen LogP contribution is 2.31. The molecular weight excluding hydrogens is 557 g/mol. The van der Waals surface area contributed by atoms with E-state index in [1.54, 1.807) is 47.6 Å². The minimum atomic E-state index is -4.43. The lowest BCUT2D eigenvalue weighted by Crippen LogP contribution is -2.43. The minimum absolute atomic E-state index is 0.0459. The molecule has 12 heteroatoms. The van der Waals surface area contributed by atoms with E-state index in [2.05, 4.69) is 22.5 Å². The van der Waals surface area contributed by atoms with Gasteiger partial charge in [-0.1, -0.05) is 12.0 Å². The molecular formula is C29H33F3N4O4S. The molecule has 1 aliphatic heterocycles. The van der Waals surface area contributed by atoms with E-state index in [1.807, 2.05) is 6.07 Å². The summed E-state index contributed by atoms with van der Waals surface area (Å²) in [5.41, 5.74) is 2.04. The van der Waals surface area contributed by atoms with Crippen LogP contribution >= 0.6 is 0 Å². The number of benzene rings is 2. The van der Waals surface area contributed by atoms with Gasteiger partial charge in [0.2, 0.25) is 5.91 Å². The van der Waals surface area contributed by atoms with Gasteiger partial charge in [-0.15, -0.1) is 0 Å². The number of hydrogen-bond acceptors (Lipinski definition) is 6. The SMILES string of the molecule is COCC(=O)N1CCC(Nc2cccc3c2cc(C#CCNc2ccc([S+](C)[O-])cc2OC)n3CC(F)(F)F)CC1. The van der Waals surface area contributed by atoms with Crippen molar-refractivity contribution >= 4 is 39.4 Å². The molecule has 0 radical (unpaired) electrons. The first kappa shape index (κ1) is 30.4. The molecule has 3 aromatic rings. The number of rotatable bonds is 9. The fourth-order valence-corrected chi connectivity index (χ4v) is 5.37. The van der Waals surface area contributed by atoms with Crippen molar-refractivity contribution in [3.05, 3.63) is 48.2 Å². The summed E-state index contributed by atoms with van der Waals surface area (Å²) in [6.07, 6.45) is -1.43. The van der Waals surface area contributed by atoms with Gasteiger partial charge in [-0.05, 0) is 60.3 Å². The first-order valence-corrected chi connectivity index (χ1v) is 14.6. The Balaban J connectivity index is 1.53. The van der Waals surface area contributed by atoms with Crippen molar-refractivity contribution in [1.29, 1.82) is 0 Å². The van der Waals surface area contributed by atoms with Crippen LogP contribution in [0.3, 0.4) is 0 Å². The smallest absolute Gasteiger partial charge is 0.406 e. The van der Waals surface area contributed by atoms with Gasteiger partial charge >= 0.3 is 6.18 Å². The zero-order valence-corrected chi connectivity index (χ0v) is 24.0. The van der Waals surface area contributed by atoms with Crippen molar-refractivity contribution in [2.45, 2.75) is 36.5 Å². The first-order chi connectivity index (χ1) is 19.6. The van der Waals surface area contributed by atoms with Crippen molar-refractivity contribution in [2.75, 3.05) is 57.4 Å². The number of methoxy groups -OCH3 is 2. The molecule has 41 heavy (non-hydrogen) atoms. The van der Waals surface area contributed by atoms with Crippen LogP contribution in [0.25, 0.3) is 10.9 Å². The van der Waals surface area contributed by atoms with Crippen LogP contribution in [-0.4, -0.2) is 78.9 Å².